The topological polar surface area (TPSA) is 20.3 Å². The second kappa shape index (κ2) is 8.42. The van der Waals surface area contributed by atoms with E-state index in [9.17, 15) is 4.79 Å². The molecule has 1 atom stereocenters. The Labute approximate surface area is 96.4 Å². The van der Waals surface area contributed by atoms with Crippen LogP contribution in [0.1, 0.15) is 27.2 Å². The third-order valence-corrected chi connectivity index (χ3v) is 3.40. The van der Waals surface area contributed by atoms with E-state index in [2.05, 4.69) is 6.92 Å². The minimum atomic E-state index is -0.339. The van der Waals surface area contributed by atoms with Gasteiger partial charge in [-0.3, -0.25) is 4.79 Å². The highest BCUT2D eigenvalue weighted by Crippen LogP contribution is 2.11. The molecule has 0 saturated carbocycles. The van der Waals surface area contributed by atoms with Crippen molar-refractivity contribution in [2.24, 2.45) is 0 Å². The Hall–Kier alpha value is 0.110. The van der Waals surface area contributed by atoms with E-state index in [0.717, 1.165) is 31.0 Å². The predicted molar refractivity (Wildman–Crippen MR) is 65.2 cm³/mol. The minimum absolute atomic E-state index is 0.0772. The van der Waals surface area contributed by atoms with Gasteiger partial charge in [0.05, 0.1) is 0 Å². The standard InChI is InChI=1S/C10H20ClNOS/c1-4-12(5-2)10(13)9(11)7-8-14-6-3/h9H,4-8H2,1-3H3. The molecule has 0 aliphatic rings. The SMILES string of the molecule is CCSCCC(Cl)C(=O)N(CC)CC. The van der Waals surface area contributed by atoms with Crippen molar-refractivity contribution in [3.05, 3.63) is 0 Å². The minimum Gasteiger partial charge on any atom is -0.342 e. The summed E-state index contributed by atoms with van der Waals surface area (Å²) in [7, 11) is 0. The van der Waals surface area contributed by atoms with E-state index in [1.165, 1.54) is 0 Å². The smallest absolute Gasteiger partial charge is 0.240 e. The van der Waals surface area contributed by atoms with Gasteiger partial charge in [-0.25, -0.2) is 0 Å². The number of hydrogen-bond acceptors (Lipinski definition) is 2. The first-order chi connectivity index (χ1) is 6.67. The molecule has 0 rings (SSSR count). The van der Waals surface area contributed by atoms with Crippen LogP contribution in [0.5, 0.6) is 0 Å². The highest BCUT2D eigenvalue weighted by Gasteiger charge is 2.19. The lowest BCUT2D eigenvalue weighted by Gasteiger charge is -2.21. The summed E-state index contributed by atoms with van der Waals surface area (Å²) in [4.78, 5) is 13.5. The van der Waals surface area contributed by atoms with E-state index < -0.39 is 0 Å². The number of halogens is 1. The van der Waals surface area contributed by atoms with Gasteiger partial charge < -0.3 is 4.90 Å². The van der Waals surface area contributed by atoms with Crippen molar-refractivity contribution >= 4 is 29.3 Å². The highest BCUT2D eigenvalue weighted by atomic mass is 35.5. The van der Waals surface area contributed by atoms with Crippen LogP contribution in [0.3, 0.4) is 0 Å². The van der Waals surface area contributed by atoms with Crippen LogP contribution in [0, 0.1) is 0 Å². The maximum atomic E-state index is 11.7. The van der Waals surface area contributed by atoms with Crippen LogP contribution < -0.4 is 0 Å². The molecule has 0 fully saturated rings. The Morgan fingerprint density at radius 2 is 1.93 bits per heavy atom. The summed E-state index contributed by atoms with van der Waals surface area (Å²) in [6.07, 6.45) is 0.773. The fourth-order valence-corrected chi connectivity index (χ4v) is 2.26. The number of rotatable bonds is 7. The van der Waals surface area contributed by atoms with Gasteiger partial charge in [-0.2, -0.15) is 11.8 Å². The lowest BCUT2D eigenvalue weighted by atomic mass is 10.3. The summed E-state index contributed by atoms with van der Waals surface area (Å²) in [5, 5.41) is -0.339. The summed E-state index contributed by atoms with van der Waals surface area (Å²) in [6.45, 7) is 7.57. The van der Waals surface area contributed by atoms with Gasteiger partial charge in [0.15, 0.2) is 0 Å². The highest BCUT2D eigenvalue weighted by molar-refractivity contribution is 7.99. The fraction of sp³-hybridized carbons (Fsp3) is 0.900. The van der Waals surface area contributed by atoms with E-state index in [4.69, 9.17) is 11.6 Å². The first-order valence-electron chi connectivity index (χ1n) is 5.17. The maximum absolute atomic E-state index is 11.7. The van der Waals surface area contributed by atoms with Gasteiger partial charge in [0, 0.05) is 13.1 Å². The monoisotopic (exact) mass is 237 g/mol. The molecule has 1 amide bonds. The first-order valence-corrected chi connectivity index (χ1v) is 6.77. The van der Waals surface area contributed by atoms with E-state index in [1.54, 1.807) is 4.90 Å². The Morgan fingerprint density at radius 3 is 2.36 bits per heavy atom. The summed E-state index contributed by atoms with van der Waals surface area (Å²) >= 11 is 7.84. The zero-order chi connectivity index (χ0) is 11.0. The van der Waals surface area contributed by atoms with Crippen molar-refractivity contribution in [3.8, 4) is 0 Å². The summed E-state index contributed by atoms with van der Waals surface area (Å²) in [5.74, 6) is 2.13. The Balaban J connectivity index is 3.84. The van der Waals surface area contributed by atoms with Crippen molar-refractivity contribution in [2.75, 3.05) is 24.6 Å². The molecule has 1 unspecified atom stereocenters. The number of amides is 1. The number of thioether (sulfide) groups is 1. The molecule has 84 valence electrons. The Kier molecular flexibility index (Phi) is 8.49. The second-order valence-electron chi connectivity index (χ2n) is 2.96. The van der Waals surface area contributed by atoms with Crippen molar-refractivity contribution < 1.29 is 4.79 Å². The largest absolute Gasteiger partial charge is 0.342 e. The van der Waals surface area contributed by atoms with Crippen molar-refractivity contribution in [2.45, 2.75) is 32.6 Å². The molecule has 4 heteroatoms. The summed E-state index contributed by atoms with van der Waals surface area (Å²) < 4.78 is 0. The first kappa shape index (κ1) is 14.1. The maximum Gasteiger partial charge on any atom is 0.240 e. The lowest BCUT2D eigenvalue weighted by molar-refractivity contribution is -0.130. The molecular weight excluding hydrogens is 218 g/mol. The van der Waals surface area contributed by atoms with Crippen LogP contribution >= 0.6 is 23.4 Å². The van der Waals surface area contributed by atoms with Gasteiger partial charge in [0.2, 0.25) is 5.91 Å². The molecule has 0 aromatic carbocycles. The van der Waals surface area contributed by atoms with E-state index in [0.29, 0.717) is 0 Å². The molecule has 0 heterocycles. The van der Waals surface area contributed by atoms with Crippen molar-refractivity contribution in [1.82, 2.24) is 4.90 Å². The molecule has 0 saturated heterocycles. The zero-order valence-corrected chi connectivity index (χ0v) is 10.8. The summed E-state index contributed by atoms with van der Waals surface area (Å²) in [6, 6.07) is 0. The number of alkyl halides is 1. The third kappa shape index (κ3) is 5.11. The van der Waals surface area contributed by atoms with E-state index in [1.807, 2.05) is 25.6 Å². The van der Waals surface area contributed by atoms with Gasteiger partial charge in [-0.15, -0.1) is 11.6 Å². The number of hydrogen-bond donors (Lipinski definition) is 0. The molecule has 0 aromatic rings. The predicted octanol–water partition coefficient (Wildman–Crippen LogP) is 2.61. The molecule has 0 aliphatic carbocycles. The van der Waals surface area contributed by atoms with Crippen molar-refractivity contribution in [3.63, 3.8) is 0 Å². The Bertz CT molecular complexity index is 162. The number of carbonyl (C=O) groups excluding carboxylic acids is 1. The van der Waals surface area contributed by atoms with Crippen LogP contribution in [-0.2, 0) is 4.79 Å². The molecule has 0 bridgehead atoms. The van der Waals surface area contributed by atoms with E-state index in [-0.39, 0.29) is 11.3 Å². The molecule has 0 aliphatic heterocycles. The average molecular weight is 238 g/mol. The van der Waals surface area contributed by atoms with Gasteiger partial charge in [0.25, 0.3) is 0 Å². The quantitative estimate of drug-likeness (QED) is 0.501. The van der Waals surface area contributed by atoms with Crippen LogP contribution in [0.2, 0.25) is 0 Å². The molecule has 2 nitrogen and oxygen atoms in total. The van der Waals surface area contributed by atoms with Gasteiger partial charge in [-0.05, 0) is 31.8 Å². The van der Waals surface area contributed by atoms with Crippen LogP contribution in [-0.4, -0.2) is 40.8 Å². The molecule has 14 heavy (non-hydrogen) atoms. The lowest BCUT2D eigenvalue weighted by Crippen LogP contribution is -2.36. The van der Waals surface area contributed by atoms with Crippen LogP contribution in [0.4, 0.5) is 0 Å². The van der Waals surface area contributed by atoms with Crippen LogP contribution in [0.15, 0.2) is 0 Å². The number of carbonyl (C=O) groups is 1. The molecule has 0 radical (unpaired) electrons. The Morgan fingerprint density at radius 1 is 1.36 bits per heavy atom. The normalized spacial score (nSPS) is 12.6. The molecule has 0 spiro atoms. The van der Waals surface area contributed by atoms with Crippen LogP contribution in [0.25, 0.3) is 0 Å². The van der Waals surface area contributed by atoms with Gasteiger partial charge in [0.1, 0.15) is 5.38 Å². The zero-order valence-electron chi connectivity index (χ0n) is 9.25. The summed E-state index contributed by atoms with van der Waals surface area (Å²) in [5.41, 5.74) is 0. The number of nitrogens with zero attached hydrogens (tertiary/aromatic N) is 1. The molecule has 0 N–H and O–H groups in total. The van der Waals surface area contributed by atoms with Gasteiger partial charge >= 0.3 is 0 Å². The average Bonchev–Trinajstić information content (AvgIpc) is 2.19. The molecule has 0 aromatic heterocycles. The molecular formula is C10H20ClNOS. The van der Waals surface area contributed by atoms with Gasteiger partial charge in [-0.1, -0.05) is 6.92 Å². The fourth-order valence-electron chi connectivity index (χ4n) is 1.19. The third-order valence-electron chi connectivity index (χ3n) is 2.06. The van der Waals surface area contributed by atoms with Crippen molar-refractivity contribution in [1.29, 1.82) is 0 Å². The van der Waals surface area contributed by atoms with E-state index >= 15 is 0 Å². The second-order valence-corrected chi connectivity index (χ2v) is 4.88.